The first kappa shape index (κ1) is 61.5. The van der Waals surface area contributed by atoms with Crippen LogP contribution in [-0.4, -0.2) is 46.9 Å². The van der Waals surface area contributed by atoms with Crippen LogP contribution in [-0.2, 0) is 14.3 Å². The number of aliphatic hydroxyl groups is 2. The smallest absolute Gasteiger partial charge is 0.306 e. The van der Waals surface area contributed by atoms with Crippen molar-refractivity contribution >= 4 is 11.9 Å². The van der Waals surface area contributed by atoms with Gasteiger partial charge in [-0.25, -0.2) is 0 Å². The van der Waals surface area contributed by atoms with E-state index in [0.717, 1.165) is 89.9 Å². The van der Waals surface area contributed by atoms with Crippen LogP contribution in [0.5, 0.6) is 0 Å². The largest absolute Gasteiger partial charge is 0.458 e. The van der Waals surface area contributed by atoms with E-state index in [0.29, 0.717) is 19.3 Å². The van der Waals surface area contributed by atoms with Crippen molar-refractivity contribution in [1.82, 2.24) is 5.32 Å². The molecule has 3 N–H and O–H groups in total. The standard InChI is InChI=1S/C59H99NO5/c1-4-7-10-13-16-19-22-25-28-29-31-33-36-39-42-45-48-51-57(62)56(54-61)60-58(63)53-55(50-47-44-41-38-35-32-27-24-21-18-15-12-9-6-3)65-59(64)52-49-46-43-40-37-34-30-26-23-20-17-14-11-8-5-2/h8-9,11-12,14,17-18,20-21,23,26-27,30,32,38,41,47,50,55-57,61-62H,4-7,10,13,15-16,19,22,24-25,28-29,31,33-37,39-40,42-46,48-49,51-54H2,1-3H3,(H,60,63)/b11-8+,12-9+,17-14+,21-18+,23-20+,30-26-,32-27+,41-38+,50-47+. The maximum atomic E-state index is 13.2. The van der Waals surface area contributed by atoms with E-state index < -0.39 is 18.2 Å². The molecule has 0 heterocycles. The number of carbonyl (C=O) groups is 2. The van der Waals surface area contributed by atoms with E-state index in [1.54, 1.807) is 6.08 Å². The molecule has 0 aromatic carbocycles. The number of unbranched alkanes of at least 4 members (excludes halogenated alkanes) is 21. The molecule has 3 unspecified atom stereocenters. The van der Waals surface area contributed by atoms with Crippen molar-refractivity contribution in [1.29, 1.82) is 0 Å². The van der Waals surface area contributed by atoms with E-state index in [1.165, 1.54) is 89.9 Å². The zero-order chi connectivity index (χ0) is 47.4. The second-order valence-electron chi connectivity index (χ2n) is 17.6. The van der Waals surface area contributed by atoms with E-state index in [2.05, 4.69) is 105 Å². The molecule has 6 nitrogen and oxygen atoms in total. The van der Waals surface area contributed by atoms with Gasteiger partial charge in [-0.3, -0.25) is 9.59 Å². The lowest BCUT2D eigenvalue weighted by Crippen LogP contribution is -2.46. The molecule has 0 aromatic rings. The zero-order valence-electron chi connectivity index (χ0n) is 42.1. The van der Waals surface area contributed by atoms with Gasteiger partial charge in [-0.1, -0.05) is 252 Å². The number of allylic oxidation sites excluding steroid dienone is 17. The van der Waals surface area contributed by atoms with Crippen LogP contribution in [0.4, 0.5) is 0 Å². The first-order valence-corrected chi connectivity index (χ1v) is 26.7. The summed E-state index contributed by atoms with van der Waals surface area (Å²) in [5, 5.41) is 23.8. The Morgan fingerprint density at radius 2 is 0.923 bits per heavy atom. The average molecular weight is 902 g/mol. The van der Waals surface area contributed by atoms with Gasteiger partial charge in [0.05, 0.1) is 25.2 Å². The third-order valence-electron chi connectivity index (χ3n) is 11.4. The lowest BCUT2D eigenvalue weighted by molar-refractivity contribution is -0.148. The number of esters is 1. The van der Waals surface area contributed by atoms with Gasteiger partial charge in [0.15, 0.2) is 0 Å². The van der Waals surface area contributed by atoms with E-state index in [4.69, 9.17) is 4.74 Å². The Bertz CT molecular complexity index is 1330. The van der Waals surface area contributed by atoms with E-state index in [-0.39, 0.29) is 24.9 Å². The summed E-state index contributed by atoms with van der Waals surface area (Å²) in [6, 6.07) is -0.754. The average Bonchev–Trinajstić information content (AvgIpc) is 3.30. The number of ether oxygens (including phenoxy) is 1. The number of hydrogen-bond donors (Lipinski definition) is 3. The molecule has 0 aliphatic carbocycles. The molecule has 0 aliphatic heterocycles. The topological polar surface area (TPSA) is 95.9 Å². The molecule has 0 aliphatic rings. The molecule has 65 heavy (non-hydrogen) atoms. The van der Waals surface area contributed by atoms with Crippen LogP contribution in [0.2, 0.25) is 0 Å². The molecule has 0 saturated heterocycles. The first-order valence-electron chi connectivity index (χ1n) is 26.7. The molecule has 0 rings (SSSR count). The molecule has 0 fully saturated rings. The van der Waals surface area contributed by atoms with Gasteiger partial charge in [-0.15, -0.1) is 0 Å². The minimum absolute atomic E-state index is 0.0618. The highest BCUT2D eigenvalue weighted by molar-refractivity contribution is 5.78. The third kappa shape index (κ3) is 46.8. The van der Waals surface area contributed by atoms with Crippen molar-refractivity contribution < 1.29 is 24.5 Å². The predicted octanol–water partition coefficient (Wildman–Crippen LogP) is 16.3. The van der Waals surface area contributed by atoms with Gasteiger partial charge in [0.2, 0.25) is 5.91 Å². The number of amides is 1. The fourth-order valence-corrected chi connectivity index (χ4v) is 7.46. The number of rotatable bonds is 46. The molecule has 1 amide bonds. The maximum absolute atomic E-state index is 13.2. The second-order valence-corrected chi connectivity index (χ2v) is 17.6. The normalized spacial score (nSPS) is 14.1. The number of carbonyl (C=O) groups excluding carboxylic acids is 2. The third-order valence-corrected chi connectivity index (χ3v) is 11.4. The highest BCUT2D eigenvalue weighted by Crippen LogP contribution is 2.16. The van der Waals surface area contributed by atoms with Crippen molar-refractivity contribution in [2.24, 2.45) is 0 Å². The van der Waals surface area contributed by atoms with Crippen LogP contribution in [0.15, 0.2) is 109 Å². The van der Waals surface area contributed by atoms with Crippen LogP contribution in [0.25, 0.3) is 0 Å². The maximum Gasteiger partial charge on any atom is 0.306 e. The molecular weight excluding hydrogens is 803 g/mol. The van der Waals surface area contributed by atoms with Crippen molar-refractivity contribution in [3.63, 3.8) is 0 Å². The van der Waals surface area contributed by atoms with Gasteiger partial charge in [-0.2, -0.15) is 0 Å². The minimum Gasteiger partial charge on any atom is -0.458 e. The Kier molecular flexibility index (Phi) is 48.7. The van der Waals surface area contributed by atoms with Gasteiger partial charge >= 0.3 is 5.97 Å². The van der Waals surface area contributed by atoms with Gasteiger partial charge in [-0.05, 0) is 70.3 Å². The number of aliphatic hydroxyl groups excluding tert-OH is 2. The van der Waals surface area contributed by atoms with Gasteiger partial charge in [0, 0.05) is 6.42 Å². The van der Waals surface area contributed by atoms with Crippen molar-refractivity contribution in [3.05, 3.63) is 109 Å². The van der Waals surface area contributed by atoms with Crippen LogP contribution in [0, 0.1) is 0 Å². The first-order chi connectivity index (χ1) is 32.0. The van der Waals surface area contributed by atoms with Crippen LogP contribution >= 0.6 is 0 Å². The molecule has 0 radical (unpaired) electrons. The Balaban J connectivity index is 4.71. The molecule has 0 aromatic heterocycles. The second kappa shape index (κ2) is 51.5. The molecule has 0 saturated carbocycles. The zero-order valence-corrected chi connectivity index (χ0v) is 42.1. The van der Waals surface area contributed by atoms with Crippen molar-refractivity contribution in [2.75, 3.05) is 6.61 Å². The highest BCUT2D eigenvalue weighted by Gasteiger charge is 2.23. The SMILES string of the molecule is CC/C=C/C=C/C=C/C=C\CCCCCCCC(=O)OC(/C=C/C/C=C/C/C=C/C/C=C/C/C=C/CC)CC(=O)NC(CO)C(O)CCCCCCCCCCCCCCCCCCC. The van der Waals surface area contributed by atoms with E-state index in [9.17, 15) is 19.8 Å². The highest BCUT2D eigenvalue weighted by atomic mass is 16.5. The summed E-state index contributed by atoms with van der Waals surface area (Å²) in [5.74, 6) is -0.663. The van der Waals surface area contributed by atoms with Crippen molar-refractivity contribution in [3.8, 4) is 0 Å². The quantitative estimate of drug-likeness (QED) is 0.0245. The van der Waals surface area contributed by atoms with Gasteiger partial charge < -0.3 is 20.3 Å². The summed E-state index contributed by atoms with van der Waals surface area (Å²) in [6.07, 6.45) is 70.4. The van der Waals surface area contributed by atoms with Crippen LogP contribution < -0.4 is 5.32 Å². The molecule has 0 bridgehead atoms. The lowest BCUT2D eigenvalue weighted by atomic mass is 10.0. The fraction of sp³-hybridized carbons (Fsp3) is 0.661. The Labute approximate surface area is 400 Å². The van der Waals surface area contributed by atoms with E-state index >= 15 is 0 Å². The predicted molar refractivity (Wildman–Crippen MR) is 282 cm³/mol. The Morgan fingerprint density at radius 3 is 1.43 bits per heavy atom. The van der Waals surface area contributed by atoms with E-state index in [1.807, 2.05) is 24.3 Å². The summed E-state index contributed by atoms with van der Waals surface area (Å²) in [6.45, 7) is 6.19. The van der Waals surface area contributed by atoms with Crippen molar-refractivity contribution in [2.45, 2.75) is 244 Å². The van der Waals surface area contributed by atoms with Gasteiger partial charge in [0.25, 0.3) is 0 Å². The van der Waals surface area contributed by atoms with Crippen LogP contribution in [0.3, 0.4) is 0 Å². The minimum atomic E-state index is -0.830. The molecule has 0 spiro atoms. The summed E-state index contributed by atoms with van der Waals surface area (Å²) < 4.78 is 5.81. The Hall–Kier alpha value is -3.48. The van der Waals surface area contributed by atoms with Gasteiger partial charge in [0.1, 0.15) is 6.10 Å². The number of nitrogens with one attached hydrogen (secondary N) is 1. The Morgan fingerprint density at radius 1 is 0.492 bits per heavy atom. The summed E-state index contributed by atoms with van der Waals surface area (Å²) in [7, 11) is 0. The number of hydrogen-bond acceptors (Lipinski definition) is 5. The molecule has 6 heteroatoms. The summed E-state index contributed by atoms with van der Waals surface area (Å²) in [4.78, 5) is 26.1. The summed E-state index contributed by atoms with van der Waals surface area (Å²) >= 11 is 0. The summed E-state index contributed by atoms with van der Waals surface area (Å²) in [5.41, 5.74) is 0. The molecule has 3 atom stereocenters. The molecule has 370 valence electrons. The van der Waals surface area contributed by atoms with Crippen LogP contribution in [0.1, 0.15) is 226 Å². The lowest BCUT2D eigenvalue weighted by Gasteiger charge is -2.23. The fourth-order valence-electron chi connectivity index (χ4n) is 7.46. The monoisotopic (exact) mass is 902 g/mol. The molecular formula is C59H99NO5.